The molecule has 0 amide bonds. The number of alkyl halides is 2. The van der Waals surface area contributed by atoms with E-state index in [0.29, 0.717) is 0 Å². The molecule has 70 valence electrons. The van der Waals surface area contributed by atoms with Crippen molar-refractivity contribution in [3.63, 3.8) is 0 Å². The van der Waals surface area contributed by atoms with Gasteiger partial charge >= 0.3 is 0 Å². The van der Waals surface area contributed by atoms with E-state index in [9.17, 15) is 8.78 Å². The monoisotopic (exact) mass is 174 g/mol. The Hall–Kier alpha value is -0.140. The van der Waals surface area contributed by atoms with E-state index in [-0.39, 0.29) is 23.2 Å². The zero-order chi connectivity index (χ0) is 9.20. The summed E-state index contributed by atoms with van der Waals surface area (Å²) in [5, 5.41) is 0. The second-order valence-corrected chi connectivity index (χ2v) is 5.31. The lowest BCUT2D eigenvalue weighted by Gasteiger charge is -2.33. The second-order valence-electron chi connectivity index (χ2n) is 5.31. The highest BCUT2D eigenvalue weighted by atomic mass is 19.3. The molecule has 2 unspecified atom stereocenters. The Morgan fingerprint density at radius 2 is 1.75 bits per heavy atom. The Labute approximate surface area is 72.3 Å². The van der Waals surface area contributed by atoms with Crippen LogP contribution in [-0.2, 0) is 0 Å². The zero-order valence-corrected chi connectivity index (χ0v) is 7.95. The summed E-state index contributed by atoms with van der Waals surface area (Å²) < 4.78 is 26.8. The van der Waals surface area contributed by atoms with Crippen LogP contribution < -0.4 is 0 Å². The Bertz CT molecular complexity index is 217. The largest absolute Gasteiger partial charge is 0.252 e. The van der Waals surface area contributed by atoms with E-state index in [2.05, 4.69) is 0 Å². The lowest BCUT2D eigenvalue weighted by molar-refractivity contribution is -0.0654. The quantitative estimate of drug-likeness (QED) is 0.527. The Kier molecular flexibility index (Phi) is 1.31. The van der Waals surface area contributed by atoms with E-state index in [4.69, 9.17) is 0 Å². The predicted molar refractivity (Wildman–Crippen MR) is 44.2 cm³/mol. The molecule has 2 rings (SSSR count). The number of rotatable bonds is 0. The number of hydrogen-bond acceptors (Lipinski definition) is 0. The van der Waals surface area contributed by atoms with Crippen LogP contribution >= 0.6 is 0 Å². The summed E-state index contributed by atoms with van der Waals surface area (Å²) >= 11 is 0. The van der Waals surface area contributed by atoms with Crippen LogP contribution in [0.4, 0.5) is 8.78 Å². The van der Waals surface area contributed by atoms with Crippen LogP contribution in [0.5, 0.6) is 0 Å². The van der Waals surface area contributed by atoms with Crippen LogP contribution in [0.25, 0.3) is 0 Å². The summed E-state index contributed by atoms with van der Waals surface area (Å²) in [6, 6.07) is 0. The van der Waals surface area contributed by atoms with Gasteiger partial charge in [-0.15, -0.1) is 0 Å². The summed E-state index contributed by atoms with van der Waals surface area (Å²) in [6.45, 7) is 6.03. The van der Waals surface area contributed by atoms with Crippen molar-refractivity contribution >= 4 is 0 Å². The van der Waals surface area contributed by atoms with E-state index < -0.39 is 5.92 Å². The summed E-state index contributed by atoms with van der Waals surface area (Å²) in [6.07, 6.45) is 1.81. The molecule has 0 spiro atoms. The molecule has 0 aromatic carbocycles. The van der Waals surface area contributed by atoms with Gasteiger partial charge in [0, 0.05) is 12.3 Å². The molecule has 2 fully saturated rings. The van der Waals surface area contributed by atoms with Gasteiger partial charge in [0.15, 0.2) is 0 Å². The van der Waals surface area contributed by atoms with Gasteiger partial charge in [0.1, 0.15) is 0 Å². The molecule has 2 heteroatoms. The lowest BCUT2D eigenvalue weighted by atomic mass is 9.71. The molecule has 0 heterocycles. The molecule has 0 aromatic heterocycles. The molecule has 0 radical (unpaired) electrons. The van der Waals surface area contributed by atoms with Crippen molar-refractivity contribution in [2.24, 2.45) is 16.7 Å². The Morgan fingerprint density at radius 3 is 1.92 bits per heavy atom. The first-order valence-electron chi connectivity index (χ1n) is 4.67. The Morgan fingerprint density at radius 1 is 1.17 bits per heavy atom. The van der Waals surface area contributed by atoms with E-state index in [1.807, 2.05) is 20.8 Å². The fourth-order valence-corrected chi connectivity index (χ4v) is 3.27. The van der Waals surface area contributed by atoms with Crippen LogP contribution in [0.15, 0.2) is 0 Å². The third-order valence-electron chi connectivity index (χ3n) is 4.55. The molecule has 0 saturated heterocycles. The van der Waals surface area contributed by atoms with Crippen molar-refractivity contribution < 1.29 is 8.78 Å². The van der Waals surface area contributed by atoms with Gasteiger partial charge < -0.3 is 0 Å². The van der Waals surface area contributed by atoms with Crippen LogP contribution in [0, 0.1) is 16.7 Å². The molecule has 2 atom stereocenters. The summed E-state index contributed by atoms with van der Waals surface area (Å²) in [4.78, 5) is 0. The standard InChI is InChI=1S/C10H16F2/c1-8(2)7-4-5-9(8,3)6-10(7,11)12/h7H,4-6H2,1-3H3. The van der Waals surface area contributed by atoms with Crippen LogP contribution in [0.3, 0.4) is 0 Å². The minimum absolute atomic E-state index is 0.109. The van der Waals surface area contributed by atoms with Crippen molar-refractivity contribution in [2.75, 3.05) is 0 Å². The van der Waals surface area contributed by atoms with E-state index >= 15 is 0 Å². The summed E-state index contributed by atoms with van der Waals surface area (Å²) in [7, 11) is 0. The molecule has 2 saturated carbocycles. The van der Waals surface area contributed by atoms with Gasteiger partial charge in [0.05, 0.1) is 0 Å². The fourth-order valence-electron chi connectivity index (χ4n) is 3.27. The van der Waals surface area contributed by atoms with Gasteiger partial charge in [0.25, 0.3) is 5.92 Å². The van der Waals surface area contributed by atoms with Crippen molar-refractivity contribution in [1.82, 2.24) is 0 Å². The first kappa shape index (κ1) is 8.46. The van der Waals surface area contributed by atoms with Crippen molar-refractivity contribution in [2.45, 2.75) is 46.0 Å². The van der Waals surface area contributed by atoms with Gasteiger partial charge in [0.2, 0.25) is 0 Å². The molecule has 0 aromatic rings. The first-order chi connectivity index (χ1) is 5.30. The first-order valence-corrected chi connectivity index (χ1v) is 4.67. The van der Waals surface area contributed by atoms with E-state index in [1.54, 1.807) is 0 Å². The van der Waals surface area contributed by atoms with Crippen molar-refractivity contribution in [3.05, 3.63) is 0 Å². The zero-order valence-electron chi connectivity index (χ0n) is 7.95. The molecule has 2 bridgehead atoms. The molecule has 2 aliphatic carbocycles. The van der Waals surface area contributed by atoms with Crippen LogP contribution in [0.2, 0.25) is 0 Å². The summed E-state index contributed by atoms with van der Waals surface area (Å²) in [5.41, 5.74) is -0.266. The topological polar surface area (TPSA) is 0 Å². The molecule has 0 aliphatic heterocycles. The highest BCUT2D eigenvalue weighted by Crippen LogP contribution is 2.70. The second kappa shape index (κ2) is 1.85. The maximum atomic E-state index is 13.4. The molecule has 0 N–H and O–H groups in total. The third kappa shape index (κ3) is 0.717. The normalized spacial score (nSPS) is 48.2. The van der Waals surface area contributed by atoms with Gasteiger partial charge in [-0.1, -0.05) is 20.8 Å². The maximum Gasteiger partial charge on any atom is 0.252 e. The van der Waals surface area contributed by atoms with Gasteiger partial charge in [-0.3, -0.25) is 0 Å². The van der Waals surface area contributed by atoms with Gasteiger partial charge in [-0.05, 0) is 23.7 Å². The lowest BCUT2D eigenvalue weighted by Crippen LogP contribution is -2.28. The predicted octanol–water partition coefficient (Wildman–Crippen LogP) is 3.47. The van der Waals surface area contributed by atoms with Crippen LogP contribution in [-0.4, -0.2) is 5.92 Å². The van der Waals surface area contributed by atoms with Gasteiger partial charge in [-0.2, -0.15) is 0 Å². The highest BCUT2D eigenvalue weighted by Gasteiger charge is 2.68. The van der Waals surface area contributed by atoms with Crippen LogP contribution in [0.1, 0.15) is 40.0 Å². The number of halogens is 2. The minimum Gasteiger partial charge on any atom is -0.207 e. The molecule has 0 nitrogen and oxygen atoms in total. The SMILES string of the molecule is CC12CCC(C(F)(F)C1)C2(C)C. The average molecular weight is 174 g/mol. The number of hydrogen-bond donors (Lipinski definition) is 0. The molecule has 12 heavy (non-hydrogen) atoms. The fraction of sp³-hybridized carbons (Fsp3) is 1.00. The highest BCUT2D eigenvalue weighted by molar-refractivity contribution is 5.12. The van der Waals surface area contributed by atoms with Gasteiger partial charge in [-0.25, -0.2) is 8.78 Å². The van der Waals surface area contributed by atoms with Crippen molar-refractivity contribution in [3.8, 4) is 0 Å². The van der Waals surface area contributed by atoms with E-state index in [1.165, 1.54) is 0 Å². The number of fused-ring (bicyclic) bond motifs is 2. The maximum absolute atomic E-state index is 13.4. The average Bonchev–Trinajstić information content (AvgIpc) is 2.08. The minimum atomic E-state index is -2.39. The molecular weight excluding hydrogens is 158 g/mol. The third-order valence-corrected chi connectivity index (χ3v) is 4.55. The Balaban J connectivity index is 2.43. The van der Waals surface area contributed by atoms with Crippen molar-refractivity contribution in [1.29, 1.82) is 0 Å². The summed E-state index contributed by atoms with van der Waals surface area (Å²) in [5.74, 6) is -2.76. The molecule has 2 aliphatic rings. The van der Waals surface area contributed by atoms with E-state index in [0.717, 1.165) is 12.8 Å². The smallest absolute Gasteiger partial charge is 0.207 e. The molecular formula is C10H16F2.